The molecule has 40 heavy (non-hydrogen) atoms. The molecule has 0 aliphatic carbocycles. The van der Waals surface area contributed by atoms with Crippen LogP contribution in [-0.4, -0.2) is 76.4 Å². The fourth-order valence-corrected chi connectivity index (χ4v) is 6.45. The van der Waals surface area contributed by atoms with Crippen LogP contribution in [-0.2, 0) is 19.9 Å². The smallest absolute Gasteiger partial charge is 0.326 e. The molecule has 2 aliphatic heterocycles. The summed E-state index contributed by atoms with van der Waals surface area (Å²) in [6, 6.07) is 29.7. The van der Waals surface area contributed by atoms with Crippen molar-refractivity contribution in [2.75, 3.05) is 26.7 Å². The lowest BCUT2D eigenvalue weighted by molar-refractivity contribution is -0.152. The Balaban J connectivity index is 1.41. The predicted octanol–water partition coefficient (Wildman–Crippen LogP) is 4.08. The van der Waals surface area contributed by atoms with Crippen molar-refractivity contribution in [3.63, 3.8) is 0 Å². The Hall–Kier alpha value is -3.97. The minimum Gasteiger partial charge on any atom is -0.480 e. The summed E-state index contributed by atoms with van der Waals surface area (Å²) in [7, 11) is 1.56. The van der Waals surface area contributed by atoms with E-state index < -0.39 is 23.5 Å². The molecule has 7 heteroatoms. The lowest BCUT2D eigenvalue weighted by Crippen LogP contribution is -2.48. The van der Waals surface area contributed by atoms with E-state index in [4.69, 9.17) is 0 Å². The SMILES string of the molecule is CC(C)[C@@H](C(=O)O)N(C)C(=O)C1CCN(C(=O)[C@H]2CN2C(c2ccccc2)(c2ccccc2)c2ccccc2)C1. The first-order valence-electron chi connectivity index (χ1n) is 14.0. The van der Waals surface area contributed by atoms with Crippen LogP contribution in [0, 0.1) is 11.8 Å². The van der Waals surface area contributed by atoms with Crippen molar-refractivity contribution in [2.24, 2.45) is 11.8 Å². The van der Waals surface area contributed by atoms with Crippen LogP contribution in [0.5, 0.6) is 0 Å². The molecule has 2 heterocycles. The highest BCUT2D eigenvalue weighted by Gasteiger charge is 2.57. The fourth-order valence-electron chi connectivity index (χ4n) is 6.45. The Labute approximate surface area is 236 Å². The third kappa shape index (κ3) is 4.90. The van der Waals surface area contributed by atoms with E-state index in [0.717, 1.165) is 16.7 Å². The number of benzene rings is 3. The number of carbonyl (C=O) groups excluding carboxylic acids is 2. The average Bonchev–Trinajstić information content (AvgIpc) is 3.60. The second kappa shape index (κ2) is 11.3. The quantitative estimate of drug-likeness (QED) is 0.328. The summed E-state index contributed by atoms with van der Waals surface area (Å²) in [6.45, 7) is 5.00. The number of carbonyl (C=O) groups is 3. The molecule has 0 aromatic heterocycles. The Kier molecular flexibility index (Phi) is 7.76. The van der Waals surface area contributed by atoms with E-state index in [2.05, 4.69) is 41.3 Å². The van der Waals surface area contributed by atoms with E-state index in [0.29, 0.717) is 26.1 Å². The van der Waals surface area contributed by atoms with E-state index in [-0.39, 0.29) is 23.8 Å². The maximum atomic E-state index is 13.9. The molecule has 2 aliphatic rings. The van der Waals surface area contributed by atoms with Gasteiger partial charge in [0, 0.05) is 26.7 Å². The summed E-state index contributed by atoms with van der Waals surface area (Å²) in [6.07, 6.45) is 0.535. The Bertz CT molecular complexity index is 1250. The monoisotopic (exact) mass is 539 g/mol. The van der Waals surface area contributed by atoms with Gasteiger partial charge in [0.05, 0.1) is 11.5 Å². The molecule has 2 amide bonds. The van der Waals surface area contributed by atoms with Crippen molar-refractivity contribution in [3.8, 4) is 0 Å². The van der Waals surface area contributed by atoms with Crippen LogP contribution in [0.25, 0.3) is 0 Å². The van der Waals surface area contributed by atoms with Gasteiger partial charge in [-0.25, -0.2) is 4.79 Å². The second-order valence-corrected chi connectivity index (χ2v) is 11.2. The summed E-state index contributed by atoms with van der Waals surface area (Å²) in [5, 5.41) is 9.65. The molecule has 0 bridgehead atoms. The Morgan fingerprint density at radius 3 is 1.73 bits per heavy atom. The van der Waals surface area contributed by atoms with Crippen molar-refractivity contribution >= 4 is 17.8 Å². The van der Waals surface area contributed by atoms with Gasteiger partial charge in [-0.3, -0.25) is 14.5 Å². The third-order valence-corrected chi connectivity index (χ3v) is 8.40. The third-order valence-electron chi connectivity index (χ3n) is 8.40. The number of hydrogen-bond acceptors (Lipinski definition) is 4. The summed E-state index contributed by atoms with van der Waals surface area (Å²) in [5.41, 5.74) is 2.62. The topological polar surface area (TPSA) is 80.9 Å². The van der Waals surface area contributed by atoms with Crippen molar-refractivity contribution in [2.45, 2.75) is 37.9 Å². The first-order valence-corrected chi connectivity index (χ1v) is 14.0. The number of likely N-dealkylation sites (N-methyl/N-ethyl adjacent to an activating group) is 1. The zero-order chi connectivity index (χ0) is 28.4. The number of amides is 2. The van der Waals surface area contributed by atoms with Gasteiger partial charge in [-0.1, -0.05) is 105 Å². The highest BCUT2D eigenvalue weighted by molar-refractivity contribution is 5.89. The van der Waals surface area contributed by atoms with Crippen LogP contribution in [0.2, 0.25) is 0 Å². The van der Waals surface area contributed by atoms with Gasteiger partial charge in [-0.15, -0.1) is 0 Å². The molecule has 2 saturated heterocycles. The first kappa shape index (κ1) is 27.6. The zero-order valence-electron chi connectivity index (χ0n) is 23.3. The molecule has 0 radical (unpaired) electrons. The van der Waals surface area contributed by atoms with Crippen LogP contribution in [0.15, 0.2) is 91.0 Å². The second-order valence-electron chi connectivity index (χ2n) is 11.2. The van der Waals surface area contributed by atoms with E-state index in [1.807, 2.05) is 54.6 Å². The van der Waals surface area contributed by atoms with Gasteiger partial charge in [-0.2, -0.15) is 0 Å². The number of rotatable bonds is 9. The average molecular weight is 540 g/mol. The van der Waals surface area contributed by atoms with Crippen LogP contribution in [0.3, 0.4) is 0 Å². The molecule has 5 rings (SSSR count). The van der Waals surface area contributed by atoms with Crippen LogP contribution in [0.4, 0.5) is 0 Å². The zero-order valence-corrected chi connectivity index (χ0v) is 23.3. The maximum absolute atomic E-state index is 13.9. The van der Waals surface area contributed by atoms with Gasteiger partial charge >= 0.3 is 5.97 Å². The normalized spacial score (nSPS) is 21.2. The number of hydrogen-bond donors (Lipinski definition) is 1. The number of likely N-dealkylation sites (tertiary alicyclic amines) is 1. The predicted molar refractivity (Wildman–Crippen MR) is 153 cm³/mol. The van der Waals surface area contributed by atoms with Gasteiger partial charge in [0.15, 0.2) is 0 Å². The fraction of sp³-hybridized carbons (Fsp3) is 0.364. The van der Waals surface area contributed by atoms with Crippen molar-refractivity contribution < 1.29 is 19.5 Å². The van der Waals surface area contributed by atoms with Crippen molar-refractivity contribution in [1.29, 1.82) is 0 Å². The molecule has 0 spiro atoms. The van der Waals surface area contributed by atoms with Crippen LogP contribution >= 0.6 is 0 Å². The first-order chi connectivity index (χ1) is 19.3. The largest absolute Gasteiger partial charge is 0.480 e. The molecule has 208 valence electrons. The lowest BCUT2D eigenvalue weighted by Gasteiger charge is -2.38. The van der Waals surface area contributed by atoms with Gasteiger partial charge in [0.25, 0.3) is 0 Å². The molecule has 3 aromatic rings. The van der Waals surface area contributed by atoms with Gasteiger partial charge in [-0.05, 0) is 29.0 Å². The molecular formula is C33H37N3O4. The highest BCUT2D eigenvalue weighted by Crippen LogP contribution is 2.48. The number of aliphatic carboxylic acids is 1. The summed E-state index contributed by atoms with van der Waals surface area (Å²) >= 11 is 0. The molecule has 4 atom stereocenters. The standard InChI is InChI=1S/C33H37N3O4/c1-23(2)29(32(39)40)34(3)30(37)24-19-20-35(21-24)31(38)28-22-36(28)33(25-13-7-4-8-14-25,26-15-9-5-10-16-26)27-17-11-6-12-18-27/h4-18,23-24,28-29H,19-22H2,1-3H3,(H,39,40)/t24?,28-,29+,36?/m1/s1. The van der Waals surface area contributed by atoms with Crippen LogP contribution in [0.1, 0.15) is 37.0 Å². The maximum Gasteiger partial charge on any atom is 0.326 e. The van der Waals surface area contributed by atoms with Gasteiger partial charge in [0.1, 0.15) is 12.1 Å². The van der Waals surface area contributed by atoms with Crippen LogP contribution < -0.4 is 0 Å². The van der Waals surface area contributed by atoms with E-state index >= 15 is 0 Å². The molecular weight excluding hydrogens is 502 g/mol. The minimum absolute atomic E-state index is 0.0174. The summed E-state index contributed by atoms with van der Waals surface area (Å²) in [4.78, 5) is 44.3. The molecule has 0 saturated carbocycles. The Morgan fingerprint density at radius 2 is 1.30 bits per heavy atom. The van der Waals surface area contributed by atoms with Gasteiger partial charge in [0.2, 0.25) is 11.8 Å². The van der Waals surface area contributed by atoms with Crippen molar-refractivity contribution in [1.82, 2.24) is 14.7 Å². The molecule has 3 aromatic carbocycles. The molecule has 2 fully saturated rings. The minimum atomic E-state index is -1.01. The lowest BCUT2D eigenvalue weighted by atomic mass is 9.76. The van der Waals surface area contributed by atoms with E-state index in [9.17, 15) is 19.5 Å². The highest BCUT2D eigenvalue weighted by atomic mass is 16.4. The van der Waals surface area contributed by atoms with Crippen molar-refractivity contribution in [3.05, 3.63) is 108 Å². The molecule has 1 N–H and O–H groups in total. The summed E-state index contributed by atoms with van der Waals surface area (Å²) in [5.74, 6) is -1.82. The summed E-state index contributed by atoms with van der Waals surface area (Å²) < 4.78 is 0. The number of nitrogens with zero attached hydrogens (tertiary/aromatic N) is 3. The van der Waals surface area contributed by atoms with E-state index in [1.54, 1.807) is 25.8 Å². The molecule has 2 unspecified atom stereocenters. The Morgan fingerprint density at radius 1 is 0.825 bits per heavy atom. The van der Waals surface area contributed by atoms with Gasteiger partial charge < -0.3 is 14.9 Å². The number of carboxylic acids is 1. The molecule has 7 nitrogen and oxygen atoms in total. The number of carboxylic acid groups (broad SMARTS) is 1. The van der Waals surface area contributed by atoms with E-state index in [1.165, 1.54) is 4.90 Å².